The van der Waals surface area contributed by atoms with Crippen molar-refractivity contribution in [1.29, 1.82) is 0 Å². The minimum absolute atomic E-state index is 0. The minimum Gasteiger partial charge on any atom is -0.545 e. The summed E-state index contributed by atoms with van der Waals surface area (Å²) in [6, 6.07) is 11.8. The second-order valence-corrected chi connectivity index (χ2v) is 4.34. The number of fused-ring (bicyclic) bond motifs is 1. The van der Waals surface area contributed by atoms with Crippen LogP contribution in [0.3, 0.4) is 0 Å². The molecule has 6 heteroatoms. The molecule has 0 aliphatic rings. The molecule has 0 radical (unpaired) electrons. The van der Waals surface area contributed by atoms with Gasteiger partial charge < -0.3 is 4.79 Å². The van der Waals surface area contributed by atoms with E-state index in [1.165, 1.54) is 6.07 Å². The summed E-state index contributed by atoms with van der Waals surface area (Å²) in [4.78, 5) is 7.70. The summed E-state index contributed by atoms with van der Waals surface area (Å²) in [5.41, 5.74) is 0. The maximum atomic E-state index is 11.0. The zero-order valence-electron chi connectivity index (χ0n) is 9.20. The first-order valence-corrected chi connectivity index (χ1v) is 5.72. The first kappa shape index (κ1) is 16.3. The summed E-state index contributed by atoms with van der Waals surface area (Å²) < 4.78 is 31.0. The van der Waals surface area contributed by atoms with Crippen molar-refractivity contribution < 1.29 is 47.3 Å². The Balaban J connectivity index is 0.000000811. The summed E-state index contributed by atoms with van der Waals surface area (Å²) in [5, 5.41) is 1.33. The molecule has 0 heterocycles. The number of hydrogen-bond donors (Lipinski definition) is 1. The molecule has 0 aromatic heterocycles. The van der Waals surface area contributed by atoms with Gasteiger partial charge in [0.15, 0.2) is 0 Å². The fourth-order valence-electron chi connectivity index (χ4n) is 1.42. The van der Waals surface area contributed by atoms with E-state index < -0.39 is 10.1 Å². The Labute approximate surface area is 122 Å². The van der Waals surface area contributed by atoms with Crippen LogP contribution in [0.4, 0.5) is 0 Å². The molecule has 0 bridgehead atoms. The average molecular weight is 260 g/mol. The van der Waals surface area contributed by atoms with E-state index in [0.717, 1.165) is 5.39 Å². The second-order valence-electron chi connectivity index (χ2n) is 2.95. The monoisotopic (exact) mass is 260 g/mol. The molecule has 84 valence electrons. The van der Waals surface area contributed by atoms with Gasteiger partial charge in [-0.3, -0.25) is 11.3 Å². The number of hydrogen-bond acceptors (Lipinski definition) is 3. The van der Waals surface area contributed by atoms with Crippen LogP contribution >= 0.6 is 0 Å². The quantitative estimate of drug-likeness (QED) is 0.303. The maximum absolute atomic E-state index is 11.0. The molecule has 0 unspecified atom stereocenters. The Morgan fingerprint density at radius 1 is 0.941 bits per heavy atom. The molecule has 0 saturated heterocycles. The second kappa shape index (κ2) is 6.88. The molecule has 2 aromatic carbocycles. The standard InChI is InChI=1S/C10H8O3S.CHO.Na/c11-14(12,13)10-7-3-5-8-4-1-2-6-9(8)10;1-2;/h1-7H,(H,11,12,13);1H;/q;-1;+1. The maximum Gasteiger partial charge on any atom is 1.00 e. The third-order valence-electron chi connectivity index (χ3n) is 2.03. The molecule has 1 N–H and O–H groups in total. The fraction of sp³-hybridized carbons (Fsp3) is 0. The van der Waals surface area contributed by atoms with E-state index in [1.807, 2.05) is 6.07 Å². The Bertz CT molecular complexity index is 590. The van der Waals surface area contributed by atoms with Crippen molar-refractivity contribution in [2.45, 2.75) is 4.90 Å². The Kier molecular flexibility index (Phi) is 6.59. The summed E-state index contributed by atoms with van der Waals surface area (Å²) >= 11 is 0. The van der Waals surface area contributed by atoms with Crippen molar-refractivity contribution in [3.05, 3.63) is 42.5 Å². The summed E-state index contributed by atoms with van der Waals surface area (Å²) in [7, 11) is -4.13. The van der Waals surface area contributed by atoms with Crippen molar-refractivity contribution in [2.24, 2.45) is 0 Å². The Hall–Kier alpha value is -0.720. The molecular formula is C11H9NaO4S. The van der Waals surface area contributed by atoms with E-state index in [2.05, 4.69) is 6.79 Å². The molecule has 4 nitrogen and oxygen atoms in total. The third-order valence-corrected chi connectivity index (χ3v) is 2.94. The first-order chi connectivity index (χ1) is 7.59. The molecule has 17 heavy (non-hydrogen) atoms. The van der Waals surface area contributed by atoms with Gasteiger partial charge in [0.05, 0.1) is 0 Å². The normalized spacial score (nSPS) is 9.94. The van der Waals surface area contributed by atoms with E-state index in [4.69, 9.17) is 9.35 Å². The van der Waals surface area contributed by atoms with Crippen molar-refractivity contribution in [1.82, 2.24) is 0 Å². The van der Waals surface area contributed by atoms with Gasteiger partial charge in [0, 0.05) is 5.39 Å². The van der Waals surface area contributed by atoms with E-state index in [1.54, 1.807) is 30.3 Å². The molecule has 2 rings (SSSR count). The molecule has 0 aliphatic heterocycles. The van der Waals surface area contributed by atoms with Gasteiger partial charge in [-0.15, -0.1) is 0 Å². The number of rotatable bonds is 1. The van der Waals surface area contributed by atoms with Gasteiger partial charge in [-0.25, -0.2) is 0 Å². The molecule has 0 spiro atoms. The van der Waals surface area contributed by atoms with Gasteiger partial charge in [-0.05, 0) is 11.5 Å². The Morgan fingerprint density at radius 2 is 1.47 bits per heavy atom. The van der Waals surface area contributed by atoms with Crippen LogP contribution in [0.1, 0.15) is 0 Å². The molecule has 0 saturated carbocycles. The van der Waals surface area contributed by atoms with Crippen LogP contribution < -0.4 is 29.6 Å². The van der Waals surface area contributed by atoms with Gasteiger partial charge in [0.1, 0.15) is 4.90 Å². The van der Waals surface area contributed by atoms with E-state index >= 15 is 0 Å². The zero-order valence-corrected chi connectivity index (χ0v) is 12.0. The average Bonchev–Trinajstić information content (AvgIpc) is 2.30. The van der Waals surface area contributed by atoms with Crippen LogP contribution in [0.15, 0.2) is 47.4 Å². The van der Waals surface area contributed by atoms with E-state index in [9.17, 15) is 8.42 Å². The van der Waals surface area contributed by atoms with Crippen LogP contribution in [0.25, 0.3) is 10.8 Å². The van der Waals surface area contributed by atoms with Crippen molar-refractivity contribution in [3.63, 3.8) is 0 Å². The summed E-state index contributed by atoms with van der Waals surface area (Å²) in [5.74, 6) is 0. The van der Waals surface area contributed by atoms with Gasteiger partial charge in [-0.1, -0.05) is 36.4 Å². The van der Waals surface area contributed by atoms with E-state index in [-0.39, 0.29) is 34.5 Å². The van der Waals surface area contributed by atoms with Gasteiger partial charge in [0.2, 0.25) is 0 Å². The fourth-order valence-corrected chi connectivity index (χ4v) is 2.13. The predicted molar refractivity (Wildman–Crippen MR) is 60.5 cm³/mol. The van der Waals surface area contributed by atoms with Crippen LogP contribution in [0, 0.1) is 0 Å². The predicted octanol–water partition coefficient (Wildman–Crippen LogP) is -1.18. The topological polar surface area (TPSA) is 71.4 Å². The summed E-state index contributed by atoms with van der Waals surface area (Å²) in [6.07, 6.45) is 0. The van der Waals surface area contributed by atoms with Crippen LogP contribution in [-0.4, -0.2) is 19.8 Å². The molecule has 0 aliphatic carbocycles. The SMILES string of the molecule is O=S(=O)(O)c1cccc2ccccc12.[CH-]=O.[Na+]. The van der Waals surface area contributed by atoms with Crippen LogP contribution in [0.5, 0.6) is 0 Å². The molecule has 2 aromatic rings. The molecule has 0 amide bonds. The van der Waals surface area contributed by atoms with Crippen LogP contribution in [-0.2, 0) is 14.9 Å². The summed E-state index contributed by atoms with van der Waals surface area (Å²) in [6.45, 7) is 3.25. The van der Waals surface area contributed by atoms with Crippen molar-refractivity contribution in [3.8, 4) is 0 Å². The van der Waals surface area contributed by atoms with E-state index in [0.29, 0.717) is 5.39 Å². The van der Waals surface area contributed by atoms with Gasteiger partial charge in [-0.2, -0.15) is 8.42 Å². The van der Waals surface area contributed by atoms with Crippen molar-refractivity contribution in [2.75, 3.05) is 0 Å². The zero-order chi connectivity index (χ0) is 12.2. The number of carbonyl (C=O) groups excluding carboxylic acids is 1. The molecular weight excluding hydrogens is 251 g/mol. The Morgan fingerprint density at radius 3 is 2.06 bits per heavy atom. The minimum atomic E-state index is -4.13. The molecule has 0 atom stereocenters. The largest absolute Gasteiger partial charge is 1.00 e. The van der Waals surface area contributed by atoms with Crippen LogP contribution in [0.2, 0.25) is 0 Å². The van der Waals surface area contributed by atoms with Crippen molar-refractivity contribution >= 4 is 27.7 Å². The smallest absolute Gasteiger partial charge is 0.545 e. The van der Waals surface area contributed by atoms with Gasteiger partial charge >= 0.3 is 29.6 Å². The number of benzene rings is 2. The third kappa shape index (κ3) is 3.90. The van der Waals surface area contributed by atoms with Gasteiger partial charge in [0.25, 0.3) is 10.1 Å². The molecule has 0 fully saturated rings. The first-order valence-electron chi connectivity index (χ1n) is 4.28.